The van der Waals surface area contributed by atoms with E-state index in [4.69, 9.17) is 4.74 Å². The number of aryl methyl sites for hydroxylation is 1. The first-order valence-electron chi connectivity index (χ1n) is 12.3. The average Bonchev–Trinajstić information content (AvgIpc) is 3.60. The van der Waals surface area contributed by atoms with Crippen LogP contribution < -0.4 is 16.0 Å². The van der Waals surface area contributed by atoms with Gasteiger partial charge in [0.15, 0.2) is 0 Å². The zero-order valence-electron chi connectivity index (χ0n) is 21.9. The molecule has 8 nitrogen and oxygen atoms in total. The molecule has 3 N–H and O–H groups in total. The molecule has 0 bridgehead atoms. The van der Waals surface area contributed by atoms with E-state index in [0.717, 1.165) is 40.4 Å². The molecule has 1 aliphatic carbocycles. The fourth-order valence-corrected chi connectivity index (χ4v) is 3.79. The van der Waals surface area contributed by atoms with Gasteiger partial charge < -0.3 is 20.7 Å². The Morgan fingerprint density at radius 1 is 1.06 bits per heavy atom. The van der Waals surface area contributed by atoms with E-state index in [0.29, 0.717) is 24.1 Å². The van der Waals surface area contributed by atoms with E-state index in [1.807, 2.05) is 77.9 Å². The summed E-state index contributed by atoms with van der Waals surface area (Å²) in [6, 6.07) is 12.1. The summed E-state index contributed by atoms with van der Waals surface area (Å²) >= 11 is 0. The number of ether oxygens (including phenoxy) is 1. The number of amides is 2. The van der Waals surface area contributed by atoms with Crippen LogP contribution in [-0.2, 0) is 4.74 Å². The second kappa shape index (κ2) is 9.76. The lowest BCUT2D eigenvalue weighted by Crippen LogP contribution is -2.45. The lowest BCUT2D eigenvalue weighted by molar-refractivity contribution is 0.0519. The fraction of sp³-hybridized carbons (Fsp3) is 0.429. The van der Waals surface area contributed by atoms with Gasteiger partial charge in [-0.05, 0) is 95.3 Å². The lowest BCUT2D eigenvalue weighted by atomic mass is 9.97. The van der Waals surface area contributed by atoms with Crippen molar-refractivity contribution < 1.29 is 14.3 Å². The number of hydrogen-bond acceptors (Lipinski definition) is 6. The Morgan fingerprint density at radius 3 is 2.50 bits per heavy atom. The number of benzene rings is 2. The molecule has 2 aromatic carbocycles. The number of carbonyl (C=O) groups excluding carboxylic acids is 2. The summed E-state index contributed by atoms with van der Waals surface area (Å²) in [5.41, 5.74) is 3.53. The van der Waals surface area contributed by atoms with E-state index in [-0.39, 0.29) is 5.91 Å². The Bertz CT molecular complexity index is 1290. The van der Waals surface area contributed by atoms with Crippen molar-refractivity contribution in [3.05, 3.63) is 53.7 Å². The Balaban J connectivity index is 1.48. The van der Waals surface area contributed by atoms with Crippen LogP contribution >= 0.6 is 0 Å². The fourth-order valence-electron chi connectivity index (χ4n) is 3.79. The number of carbonyl (C=O) groups is 2. The van der Waals surface area contributed by atoms with Crippen molar-refractivity contribution in [3.8, 4) is 11.1 Å². The Hall–Kier alpha value is -3.68. The minimum Gasteiger partial charge on any atom is -0.444 e. The van der Waals surface area contributed by atoms with E-state index < -0.39 is 17.2 Å². The number of nitrogens with one attached hydrogen (secondary N) is 3. The molecule has 1 saturated carbocycles. The molecule has 190 valence electrons. The van der Waals surface area contributed by atoms with Crippen LogP contribution in [0.3, 0.4) is 0 Å². The third-order valence-electron chi connectivity index (χ3n) is 5.83. The maximum absolute atomic E-state index is 12.5. The SMILES string of the molecule is Cc1ccc(C(=O)NC2CC2)cc1-c1ccc2nc(NC(C)(C)CNC(=O)OC(C)(C)C)ncc2c1. The maximum Gasteiger partial charge on any atom is 0.407 e. The minimum absolute atomic E-state index is 0.0256. The first-order valence-corrected chi connectivity index (χ1v) is 12.3. The predicted octanol–water partition coefficient (Wildman–Crippen LogP) is 5.21. The van der Waals surface area contributed by atoms with Crippen molar-refractivity contribution in [2.24, 2.45) is 0 Å². The number of hydrogen-bond donors (Lipinski definition) is 3. The molecule has 8 heteroatoms. The highest BCUT2D eigenvalue weighted by atomic mass is 16.6. The van der Waals surface area contributed by atoms with Crippen molar-refractivity contribution in [2.75, 3.05) is 11.9 Å². The number of alkyl carbamates (subject to hydrolysis) is 1. The van der Waals surface area contributed by atoms with Crippen LogP contribution in [-0.4, -0.2) is 45.7 Å². The van der Waals surface area contributed by atoms with Gasteiger partial charge in [-0.25, -0.2) is 14.8 Å². The van der Waals surface area contributed by atoms with E-state index >= 15 is 0 Å². The second-order valence-electron chi connectivity index (χ2n) is 11.1. The molecule has 1 heterocycles. The molecular formula is C28H35N5O3. The Labute approximate surface area is 212 Å². The Kier molecular flexibility index (Phi) is 6.89. The van der Waals surface area contributed by atoms with Gasteiger partial charge in [0, 0.05) is 29.7 Å². The summed E-state index contributed by atoms with van der Waals surface area (Å²) in [4.78, 5) is 33.7. The van der Waals surface area contributed by atoms with Crippen LogP contribution in [0.2, 0.25) is 0 Å². The van der Waals surface area contributed by atoms with Gasteiger partial charge in [0.1, 0.15) is 5.60 Å². The first-order chi connectivity index (χ1) is 16.9. The highest BCUT2D eigenvalue weighted by Gasteiger charge is 2.24. The molecule has 0 atom stereocenters. The quantitative estimate of drug-likeness (QED) is 0.421. The molecule has 1 aromatic heterocycles. The molecule has 0 unspecified atom stereocenters. The molecule has 0 saturated heterocycles. The van der Waals surface area contributed by atoms with Crippen molar-refractivity contribution in [2.45, 2.75) is 71.6 Å². The number of nitrogens with zero attached hydrogens (tertiary/aromatic N) is 2. The molecule has 3 aromatic rings. The summed E-state index contributed by atoms with van der Waals surface area (Å²) in [6.07, 6.45) is 3.44. The maximum atomic E-state index is 12.5. The van der Waals surface area contributed by atoms with Crippen molar-refractivity contribution >= 4 is 28.9 Å². The number of anilines is 1. The third-order valence-corrected chi connectivity index (χ3v) is 5.83. The van der Waals surface area contributed by atoms with Gasteiger partial charge in [0.2, 0.25) is 5.95 Å². The van der Waals surface area contributed by atoms with Gasteiger partial charge in [-0.15, -0.1) is 0 Å². The van der Waals surface area contributed by atoms with Gasteiger partial charge in [-0.2, -0.15) is 0 Å². The molecule has 0 spiro atoms. The van der Waals surface area contributed by atoms with Crippen LogP contribution in [0.5, 0.6) is 0 Å². The first kappa shape index (κ1) is 25.4. The van der Waals surface area contributed by atoms with E-state index in [2.05, 4.69) is 25.9 Å². The number of fused-ring (bicyclic) bond motifs is 1. The minimum atomic E-state index is -0.551. The molecule has 36 heavy (non-hydrogen) atoms. The van der Waals surface area contributed by atoms with Crippen LogP contribution in [0, 0.1) is 6.92 Å². The summed E-state index contributed by atoms with van der Waals surface area (Å²) in [6.45, 7) is 11.8. The largest absolute Gasteiger partial charge is 0.444 e. The van der Waals surface area contributed by atoms with Gasteiger partial charge in [0.05, 0.1) is 11.1 Å². The van der Waals surface area contributed by atoms with Crippen LogP contribution in [0.25, 0.3) is 22.0 Å². The van der Waals surface area contributed by atoms with E-state index in [1.54, 1.807) is 6.20 Å². The van der Waals surface area contributed by atoms with Gasteiger partial charge in [-0.1, -0.05) is 12.1 Å². The molecule has 1 fully saturated rings. The van der Waals surface area contributed by atoms with Gasteiger partial charge in [0.25, 0.3) is 5.91 Å². The van der Waals surface area contributed by atoms with Gasteiger partial charge >= 0.3 is 6.09 Å². The molecular weight excluding hydrogens is 454 g/mol. The summed E-state index contributed by atoms with van der Waals surface area (Å²) in [5.74, 6) is 0.448. The van der Waals surface area contributed by atoms with E-state index in [9.17, 15) is 9.59 Å². The average molecular weight is 490 g/mol. The zero-order valence-corrected chi connectivity index (χ0v) is 21.9. The number of rotatable bonds is 7. The normalized spacial score (nSPS) is 13.8. The smallest absolute Gasteiger partial charge is 0.407 e. The number of aromatic nitrogens is 2. The third kappa shape index (κ3) is 6.71. The zero-order chi connectivity index (χ0) is 26.1. The second-order valence-corrected chi connectivity index (χ2v) is 11.1. The van der Waals surface area contributed by atoms with Crippen LogP contribution in [0.4, 0.5) is 10.7 Å². The standard InChI is InChI=1S/C28H35N5O3/c1-17-7-8-19(24(34)31-21-10-11-21)14-22(17)18-9-12-23-20(13-18)15-29-25(32-23)33-28(5,6)16-30-26(35)36-27(2,3)4/h7-9,12-15,21H,10-11,16H2,1-6H3,(H,30,35)(H,31,34)(H,29,32,33). The predicted molar refractivity (Wildman–Crippen MR) is 142 cm³/mol. The lowest BCUT2D eigenvalue weighted by Gasteiger charge is -2.27. The van der Waals surface area contributed by atoms with Crippen molar-refractivity contribution in [1.29, 1.82) is 0 Å². The van der Waals surface area contributed by atoms with E-state index in [1.165, 1.54) is 0 Å². The topological polar surface area (TPSA) is 105 Å². The molecule has 0 aliphatic heterocycles. The van der Waals surface area contributed by atoms with Crippen LogP contribution in [0.1, 0.15) is 63.4 Å². The summed E-state index contributed by atoms with van der Waals surface area (Å²) in [5, 5.41) is 10.0. The molecule has 2 amide bonds. The van der Waals surface area contributed by atoms with Crippen LogP contribution in [0.15, 0.2) is 42.6 Å². The highest BCUT2D eigenvalue weighted by molar-refractivity contribution is 5.96. The summed E-state index contributed by atoms with van der Waals surface area (Å²) < 4.78 is 5.31. The molecule has 0 radical (unpaired) electrons. The monoisotopic (exact) mass is 489 g/mol. The molecule has 4 rings (SSSR count). The van der Waals surface area contributed by atoms with Crippen molar-refractivity contribution in [3.63, 3.8) is 0 Å². The highest BCUT2D eigenvalue weighted by Crippen LogP contribution is 2.28. The van der Waals surface area contributed by atoms with Gasteiger partial charge in [-0.3, -0.25) is 4.79 Å². The Morgan fingerprint density at radius 2 is 1.81 bits per heavy atom. The summed E-state index contributed by atoms with van der Waals surface area (Å²) in [7, 11) is 0. The molecule has 1 aliphatic rings. The van der Waals surface area contributed by atoms with Crippen molar-refractivity contribution in [1.82, 2.24) is 20.6 Å².